The fourth-order valence-corrected chi connectivity index (χ4v) is 1.29. The Kier molecular flexibility index (Phi) is 2.99. The summed E-state index contributed by atoms with van der Waals surface area (Å²) in [6, 6.07) is 7.32. The molecule has 0 aliphatic rings. The van der Waals surface area contributed by atoms with Crippen LogP contribution in [0.15, 0.2) is 42.9 Å². The Bertz CT molecular complexity index is 405. The highest BCUT2D eigenvalue weighted by atomic mass is 16.3. The van der Waals surface area contributed by atoms with E-state index in [1.807, 2.05) is 18.2 Å². The molecule has 0 saturated carbocycles. The molecule has 0 saturated heterocycles. The Balaban J connectivity index is 2.08. The summed E-state index contributed by atoms with van der Waals surface area (Å²) < 4.78 is 0. The molecule has 0 aliphatic carbocycles. The largest absolute Gasteiger partial charge is 0.385 e. The van der Waals surface area contributed by atoms with Gasteiger partial charge in [0.1, 0.15) is 6.10 Å². The molecule has 0 aliphatic heterocycles. The quantitative estimate of drug-likeness (QED) is 0.809. The standard InChI is InChI=1S/C11H11N3O/c15-10(11-13-6-3-7-14-11)8-9-4-1-2-5-12-9/h1-7,10,15H,8H2. The van der Waals surface area contributed by atoms with E-state index in [9.17, 15) is 5.11 Å². The van der Waals surface area contributed by atoms with E-state index in [4.69, 9.17) is 0 Å². The van der Waals surface area contributed by atoms with Gasteiger partial charge < -0.3 is 5.11 Å². The SMILES string of the molecule is OC(Cc1ccccn1)c1ncccn1. The highest BCUT2D eigenvalue weighted by Crippen LogP contribution is 2.11. The van der Waals surface area contributed by atoms with Crippen LogP contribution in [0, 0.1) is 0 Å². The lowest BCUT2D eigenvalue weighted by Crippen LogP contribution is -2.06. The van der Waals surface area contributed by atoms with Crippen LogP contribution < -0.4 is 0 Å². The van der Waals surface area contributed by atoms with Crippen molar-refractivity contribution in [2.45, 2.75) is 12.5 Å². The first-order valence-electron chi connectivity index (χ1n) is 4.71. The maximum Gasteiger partial charge on any atom is 0.157 e. The van der Waals surface area contributed by atoms with Crippen LogP contribution in [0.25, 0.3) is 0 Å². The van der Waals surface area contributed by atoms with Gasteiger partial charge in [0, 0.05) is 30.7 Å². The molecule has 76 valence electrons. The highest BCUT2D eigenvalue weighted by Gasteiger charge is 2.10. The first-order chi connectivity index (χ1) is 7.36. The average molecular weight is 201 g/mol. The third kappa shape index (κ3) is 2.57. The summed E-state index contributed by atoms with van der Waals surface area (Å²) >= 11 is 0. The normalized spacial score (nSPS) is 12.3. The number of aliphatic hydroxyl groups excluding tert-OH is 1. The molecule has 2 aromatic heterocycles. The van der Waals surface area contributed by atoms with Crippen molar-refractivity contribution in [3.63, 3.8) is 0 Å². The summed E-state index contributed by atoms with van der Waals surface area (Å²) in [4.78, 5) is 12.1. The average Bonchev–Trinajstić information content (AvgIpc) is 2.31. The fourth-order valence-electron chi connectivity index (χ4n) is 1.29. The molecule has 2 rings (SSSR count). The van der Waals surface area contributed by atoms with Crippen molar-refractivity contribution >= 4 is 0 Å². The molecule has 0 spiro atoms. The summed E-state index contributed by atoms with van der Waals surface area (Å²) in [7, 11) is 0. The van der Waals surface area contributed by atoms with E-state index in [-0.39, 0.29) is 0 Å². The van der Waals surface area contributed by atoms with E-state index in [1.165, 1.54) is 0 Å². The van der Waals surface area contributed by atoms with Gasteiger partial charge in [-0.05, 0) is 18.2 Å². The molecule has 4 nitrogen and oxygen atoms in total. The maximum atomic E-state index is 9.81. The van der Waals surface area contributed by atoms with Gasteiger partial charge in [-0.1, -0.05) is 6.07 Å². The third-order valence-corrected chi connectivity index (χ3v) is 2.01. The molecular weight excluding hydrogens is 190 g/mol. The zero-order valence-electron chi connectivity index (χ0n) is 8.11. The number of hydrogen-bond donors (Lipinski definition) is 1. The summed E-state index contributed by atoms with van der Waals surface area (Å²) in [5, 5.41) is 9.81. The van der Waals surface area contributed by atoms with Gasteiger partial charge in [-0.25, -0.2) is 9.97 Å². The molecule has 1 unspecified atom stereocenters. The van der Waals surface area contributed by atoms with Crippen LogP contribution in [0.2, 0.25) is 0 Å². The van der Waals surface area contributed by atoms with Crippen LogP contribution in [0.1, 0.15) is 17.6 Å². The number of pyridine rings is 1. The fraction of sp³-hybridized carbons (Fsp3) is 0.182. The monoisotopic (exact) mass is 201 g/mol. The minimum atomic E-state index is -0.693. The van der Waals surface area contributed by atoms with Crippen molar-refractivity contribution in [3.05, 3.63) is 54.4 Å². The first-order valence-corrected chi connectivity index (χ1v) is 4.71. The van der Waals surface area contributed by atoms with Gasteiger partial charge in [0.05, 0.1) is 0 Å². The van der Waals surface area contributed by atoms with Gasteiger partial charge in [-0.2, -0.15) is 0 Å². The van der Waals surface area contributed by atoms with Gasteiger partial charge in [-0.15, -0.1) is 0 Å². The van der Waals surface area contributed by atoms with Crippen molar-refractivity contribution in [3.8, 4) is 0 Å². The zero-order chi connectivity index (χ0) is 10.5. The zero-order valence-corrected chi connectivity index (χ0v) is 8.11. The molecule has 0 aromatic carbocycles. The lowest BCUT2D eigenvalue weighted by Gasteiger charge is -2.07. The van der Waals surface area contributed by atoms with Crippen molar-refractivity contribution in [1.29, 1.82) is 0 Å². The van der Waals surface area contributed by atoms with E-state index >= 15 is 0 Å². The number of aromatic nitrogens is 3. The van der Waals surface area contributed by atoms with Crippen molar-refractivity contribution in [2.75, 3.05) is 0 Å². The van der Waals surface area contributed by atoms with Crippen molar-refractivity contribution in [1.82, 2.24) is 15.0 Å². The molecule has 2 heterocycles. The van der Waals surface area contributed by atoms with Crippen LogP contribution in [-0.2, 0) is 6.42 Å². The van der Waals surface area contributed by atoms with E-state index < -0.39 is 6.10 Å². The molecule has 0 amide bonds. The van der Waals surface area contributed by atoms with Gasteiger partial charge in [0.15, 0.2) is 5.82 Å². The second-order valence-electron chi connectivity index (χ2n) is 3.15. The van der Waals surface area contributed by atoms with Crippen LogP contribution in [0.3, 0.4) is 0 Å². The molecular formula is C11H11N3O. The number of nitrogens with zero attached hydrogens (tertiary/aromatic N) is 3. The van der Waals surface area contributed by atoms with Gasteiger partial charge in [0.2, 0.25) is 0 Å². The molecule has 1 atom stereocenters. The Morgan fingerprint density at radius 1 is 1.00 bits per heavy atom. The Hall–Kier alpha value is -1.81. The molecule has 0 bridgehead atoms. The lowest BCUT2D eigenvalue weighted by molar-refractivity contribution is 0.167. The highest BCUT2D eigenvalue weighted by molar-refractivity contribution is 5.07. The Morgan fingerprint density at radius 2 is 1.73 bits per heavy atom. The minimum Gasteiger partial charge on any atom is -0.385 e. The van der Waals surface area contributed by atoms with Gasteiger partial charge in [0.25, 0.3) is 0 Å². The second kappa shape index (κ2) is 4.61. The number of rotatable bonds is 3. The van der Waals surface area contributed by atoms with Gasteiger partial charge in [-0.3, -0.25) is 4.98 Å². The van der Waals surface area contributed by atoms with Crippen LogP contribution >= 0.6 is 0 Å². The number of aliphatic hydroxyl groups is 1. The molecule has 0 radical (unpaired) electrons. The molecule has 2 aromatic rings. The van der Waals surface area contributed by atoms with Crippen molar-refractivity contribution < 1.29 is 5.11 Å². The summed E-state index contributed by atoms with van der Waals surface area (Å²) in [5.41, 5.74) is 0.831. The Morgan fingerprint density at radius 3 is 2.40 bits per heavy atom. The molecule has 0 fully saturated rings. The number of hydrogen-bond acceptors (Lipinski definition) is 4. The van der Waals surface area contributed by atoms with Crippen LogP contribution in [-0.4, -0.2) is 20.1 Å². The summed E-state index contributed by atoms with van der Waals surface area (Å²) in [6.07, 6.45) is 4.67. The van der Waals surface area contributed by atoms with Crippen LogP contribution in [0.4, 0.5) is 0 Å². The van der Waals surface area contributed by atoms with E-state index in [2.05, 4.69) is 15.0 Å². The molecule has 4 heteroatoms. The van der Waals surface area contributed by atoms with Crippen molar-refractivity contribution in [2.24, 2.45) is 0 Å². The van der Waals surface area contributed by atoms with Gasteiger partial charge >= 0.3 is 0 Å². The minimum absolute atomic E-state index is 0.433. The summed E-state index contributed by atoms with van der Waals surface area (Å²) in [5.74, 6) is 0.433. The first kappa shape index (κ1) is 9.73. The van der Waals surface area contributed by atoms with E-state index in [0.29, 0.717) is 12.2 Å². The second-order valence-corrected chi connectivity index (χ2v) is 3.15. The molecule has 1 N–H and O–H groups in total. The lowest BCUT2D eigenvalue weighted by atomic mass is 10.1. The topological polar surface area (TPSA) is 58.9 Å². The predicted octanol–water partition coefficient (Wildman–Crippen LogP) is 1.15. The van der Waals surface area contributed by atoms with Crippen LogP contribution in [0.5, 0.6) is 0 Å². The smallest absolute Gasteiger partial charge is 0.157 e. The third-order valence-electron chi connectivity index (χ3n) is 2.01. The summed E-state index contributed by atoms with van der Waals surface area (Å²) in [6.45, 7) is 0. The molecule has 15 heavy (non-hydrogen) atoms. The predicted molar refractivity (Wildman–Crippen MR) is 54.9 cm³/mol. The van der Waals surface area contributed by atoms with E-state index in [1.54, 1.807) is 24.7 Å². The maximum absolute atomic E-state index is 9.81. The Labute approximate surface area is 87.7 Å². The van der Waals surface area contributed by atoms with E-state index in [0.717, 1.165) is 5.69 Å².